The molecule has 5 nitrogen and oxygen atoms in total. The molecule has 0 saturated carbocycles. The van der Waals surface area contributed by atoms with Crippen LogP contribution in [0.5, 0.6) is 0 Å². The number of thioether (sulfide) groups is 1. The predicted molar refractivity (Wildman–Crippen MR) is 109 cm³/mol. The Bertz CT molecular complexity index is 1270. The largest absolute Gasteiger partial charge is 0.446 e. The van der Waals surface area contributed by atoms with Gasteiger partial charge in [0.05, 0.1) is 23.3 Å². The van der Waals surface area contributed by atoms with Crippen molar-refractivity contribution in [1.82, 2.24) is 19.6 Å². The molecule has 2 aromatic heterocycles. The van der Waals surface area contributed by atoms with Crippen LogP contribution in [-0.2, 0) is 0 Å². The number of nitrogens with zero attached hydrogens (tertiary/aromatic N) is 4. The smallest absolute Gasteiger partial charge is 0.287 e. The van der Waals surface area contributed by atoms with Gasteiger partial charge >= 0.3 is 5.51 Å². The Hall–Kier alpha value is -3.04. The van der Waals surface area contributed by atoms with Crippen molar-refractivity contribution in [3.05, 3.63) is 88.3 Å². The van der Waals surface area contributed by atoms with E-state index in [1.807, 2.05) is 0 Å². The molecule has 0 aliphatic rings. The molecule has 0 saturated heterocycles. The summed E-state index contributed by atoms with van der Waals surface area (Å²) < 4.78 is 41.0. The second kappa shape index (κ2) is 8.00. The summed E-state index contributed by atoms with van der Waals surface area (Å²) >= 11 is 5.84. The van der Waals surface area contributed by atoms with Gasteiger partial charge in [-0.05, 0) is 54.2 Å². The van der Waals surface area contributed by atoms with Gasteiger partial charge in [-0.1, -0.05) is 23.7 Å². The van der Waals surface area contributed by atoms with Gasteiger partial charge in [-0.25, -0.2) is 9.36 Å². The Kier molecular flexibility index (Phi) is 5.40. The number of halogens is 4. The highest BCUT2D eigenvalue weighted by atomic mass is 35.5. The number of benzene rings is 2. The van der Waals surface area contributed by atoms with Gasteiger partial charge < -0.3 is 0 Å². The normalized spacial score (nSPS) is 11.6. The Balaban J connectivity index is 1.77. The first-order valence-corrected chi connectivity index (χ1v) is 9.76. The molecule has 4 rings (SSSR count). The molecule has 152 valence electrons. The molecule has 30 heavy (non-hydrogen) atoms. The molecule has 0 fully saturated rings. The van der Waals surface area contributed by atoms with Crippen molar-refractivity contribution < 1.29 is 13.2 Å². The van der Waals surface area contributed by atoms with Crippen LogP contribution >= 0.6 is 23.4 Å². The number of hydrogen-bond acceptors (Lipinski definition) is 4. The third-order valence-electron chi connectivity index (χ3n) is 4.06. The lowest BCUT2D eigenvalue weighted by molar-refractivity contribution is -0.0328. The topological polar surface area (TPSA) is 52.7 Å². The van der Waals surface area contributed by atoms with Crippen LogP contribution < -0.4 is 5.43 Å². The fraction of sp³-hybridized carbons (Fsp3) is 0.0500. The molecule has 0 amide bonds. The summed E-state index contributed by atoms with van der Waals surface area (Å²) in [5.41, 5.74) is -3.19. The summed E-state index contributed by atoms with van der Waals surface area (Å²) in [6, 6.07) is 15.7. The lowest BCUT2D eigenvalue weighted by Gasteiger charge is -2.11. The maximum atomic E-state index is 12.7. The highest BCUT2D eigenvalue weighted by molar-refractivity contribution is 8.00. The van der Waals surface area contributed by atoms with E-state index >= 15 is 0 Å². The summed E-state index contributed by atoms with van der Waals surface area (Å²) in [7, 11) is 0. The fourth-order valence-electron chi connectivity index (χ4n) is 2.85. The molecule has 0 atom stereocenters. The molecule has 2 aromatic carbocycles. The number of alkyl halides is 3. The van der Waals surface area contributed by atoms with Gasteiger partial charge in [0.1, 0.15) is 0 Å². The van der Waals surface area contributed by atoms with Crippen molar-refractivity contribution in [3.63, 3.8) is 0 Å². The Morgan fingerprint density at radius 2 is 1.73 bits per heavy atom. The monoisotopic (exact) mass is 448 g/mol. The van der Waals surface area contributed by atoms with Gasteiger partial charge in [0, 0.05) is 22.2 Å². The zero-order chi connectivity index (χ0) is 21.3. The average molecular weight is 449 g/mol. The summed E-state index contributed by atoms with van der Waals surface area (Å²) in [5, 5.41) is 9.10. The van der Waals surface area contributed by atoms with Gasteiger partial charge in [-0.2, -0.15) is 23.4 Å². The van der Waals surface area contributed by atoms with Crippen LogP contribution in [-0.4, -0.2) is 25.1 Å². The Morgan fingerprint density at radius 1 is 0.967 bits per heavy atom. The van der Waals surface area contributed by atoms with E-state index in [2.05, 4.69) is 10.2 Å². The van der Waals surface area contributed by atoms with Crippen molar-refractivity contribution in [2.45, 2.75) is 10.4 Å². The van der Waals surface area contributed by atoms with Crippen molar-refractivity contribution in [2.24, 2.45) is 0 Å². The van der Waals surface area contributed by atoms with Crippen molar-refractivity contribution in [2.75, 3.05) is 0 Å². The number of rotatable bonds is 4. The first-order valence-electron chi connectivity index (χ1n) is 8.57. The first-order chi connectivity index (χ1) is 14.3. The lowest BCUT2D eigenvalue weighted by Crippen LogP contribution is -2.14. The van der Waals surface area contributed by atoms with Gasteiger partial charge in [0.15, 0.2) is 5.69 Å². The highest BCUT2D eigenvalue weighted by Crippen LogP contribution is 2.37. The number of hydrogen-bond donors (Lipinski definition) is 0. The third-order valence-corrected chi connectivity index (χ3v) is 5.02. The van der Waals surface area contributed by atoms with E-state index in [1.54, 1.807) is 36.4 Å². The summed E-state index contributed by atoms with van der Waals surface area (Å²) in [6.07, 6.45) is 2.93. The summed E-state index contributed by atoms with van der Waals surface area (Å²) in [5.74, 6) is 0. The summed E-state index contributed by atoms with van der Waals surface area (Å²) in [6.45, 7) is 0. The molecule has 0 aliphatic carbocycles. The minimum Gasteiger partial charge on any atom is -0.287 e. The van der Waals surface area contributed by atoms with Crippen molar-refractivity contribution in [1.29, 1.82) is 0 Å². The first kappa shape index (κ1) is 20.2. The van der Waals surface area contributed by atoms with E-state index in [0.717, 1.165) is 0 Å². The van der Waals surface area contributed by atoms with Crippen LogP contribution in [0.3, 0.4) is 0 Å². The summed E-state index contributed by atoms with van der Waals surface area (Å²) in [4.78, 5) is 12.5. The van der Waals surface area contributed by atoms with E-state index < -0.39 is 5.51 Å². The van der Waals surface area contributed by atoms with Crippen LogP contribution in [0.15, 0.2) is 82.7 Å². The van der Waals surface area contributed by atoms with E-state index in [9.17, 15) is 18.0 Å². The lowest BCUT2D eigenvalue weighted by atomic mass is 10.2. The Morgan fingerprint density at radius 3 is 2.50 bits per heavy atom. The Labute approximate surface area is 177 Å². The quantitative estimate of drug-likeness (QED) is 0.395. The van der Waals surface area contributed by atoms with Crippen LogP contribution in [0.25, 0.3) is 22.8 Å². The maximum absolute atomic E-state index is 12.7. The molecule has 10 heteroatoms. The van der Waals surface area contributed by atoms with E-state index in [4.69, 9.17) is 11.6 Å². The molecular weight excluding hydrogens is 437 g/mol. The van der Waals surface area contributed by atoms with Crippen LogP contribution in [0.2, 0.25) is 5.02 Å². The van der Waals surface area contributed by atoms with Crippen molar-refractivity contribution >= 4 is 23.4 Å². The third kappa shape index (κ3) is 4.42. The van der Waals surface area contributed by atoms with Crippen LogP contribution in [0.4, 0.5) is 13.2 Å². The fourth-order valence-corrected chi connectivity index (χ4v) is 3.63. The van der Waals surface area contributed by atoms with Crippen molar-refractivity contribution in [3.8, 4) is 22.8 Å². The molecular formula is C20H12ClF3N4OS. The molecule has 0 unspecified atom stereocenters. The van der Waals surface area contributed by atoms with Crippen LogP contribution in [0, 0.1) is 0 Å². The second-order valence-electron chi connectivity index (χ2n) is 6.13. The second-order valence-corrected chi connectivity index (χ2v) is 7.70. The maximum Gasteiger partial charge on any atom is 0.446 e. The van der Waals surface area contributed by atoms with E-state index in [-0.39, 0.29) is 27.8 Å². The molecule has 0 bridgehead atoms. The number of aromatic nitrogens is 4. The van der Waals surface area contributed by atoms with Gasteiger partial charge in [-0.3, -0.25) is 4.79 Å². The van der Waals surface area contributed by atoms with Crippen LogP contribution in [0.1, 0.15) is 0 Å². The zero-order valence-electron chi connectivity index (χ0n) is 15.0. The van der Waals surface area contributed by atoms with Gasteiger partial charge in [-0.15, -0.1) is 0 Å². The SMILES string of the molecule is O=c1ccn(-c2cccc(SC(F)(F)F)c2)nc1-c1ccnn1-c1cccc(Cl)c1. The highest BCUT2D eigenvalue weighted by Gasteiger charge is 2.29. The molecule has 2 heterocycles. The molecule has 0 spiro atoms. The molecule has 4 aromatic rings. The average Bonchev–Trinajstić information content (AvgIpc) is 3.17. The van der Waals surface area contributed by atoms with Gasteiger partial charge in [0.2, 0.25) is 5.43 Å². The van der Waals surface area contributed by atoms with Gasteiger partial charge in [0.25, 0.3) is 0 Å². The van der Waals surface area contributed by atoms with E-state index in [0.29, 0.717) is 22.1 Å². The standard InChI is InChI=1S/C20H12ClF3N4OS/c21-13-3-1-5-15(11-13)28-17(7-9-25-28)19-18(29)8-10-27(26-19)14-4-2-6-16(12-14)30-20(22,23)24/h1-12H. The minimum atomic E-state index is -4.40. The molecule has 0 aliphatic heterocycles. The molecule has 0 radical (unpaired) electrons. The minimum absolute atomic E-state index is 0.0195. The zero-order valence-corrected chi connectivity index (χ0v) is 16.6. The van der Waals surface area contributed by atoms with E-state index in [1.165, 1.54) is 46.0 Å². The molecule has 0 N–H and O–H groups in total. The predicted octanol–water partition coefficient (Wildman–Crippen LogP) is 5.35.